The maximum absolute atomic E-state index is 12.9. The lowest BCUT2D eigenvalue weighted by Crippen LogP contribution is -2.29. The van der Waals surface area contributed by atoms with Crippen LogP contribution in [0, 0.1) is 0 Å². The van der Waals surface area contributed by atoms with Crippen molar-refractivity contribution >= 4 is 23.1 Å². The van der Waals surface area contributed by atoms with Crippen molar-refractivity contribution in [3.8, 4) is 17.2 Å². The lowest BCUT2D eigenvalue weighted by Gasteiger charge is -2.25. The third-order valence-electron chi connectivity index (χ3n) is 4.90. The Kier molecular flexibility index (Phi) is 4.63. The average Bonchev–Trinajstić information content (AvgIpc) is 3.00. The SMILES string of the molecule is O=C1C(=O)N(c2ccc(O)cc2)[C@H](c2cccc(O)c2)C1=C(O)c1ccc(O)cc1. The summed E-state index contributed by atoms with van der Waals surface area (Å²) in [6.45, 7) is 0. The van der Waals surface area contributed by atoms with E-state index in [1.54, 1.807) is 12.1 Å². The second-order valence-corrected chi connectivity index (χ2v) is 6.83. The fourth-order valence-corrected chi connectivity index (χ4v) is 3.50. The number of hydrogen-bond donors (Lipinski definition) is 4. The van der Waals surface area contributed by atoms with Crippen molar-refractivity contribution in [3.63, 3.8) is 0 Å². The summed E-state index contributed by atoms with van der Waals surface area (Å²) in [7, 11) is 0. The van der Waals surface area contributed by atoms with Crippen molar-refractivity contribution in [2.75, 3.05) is 4.90 Å². The summed E-state index contributed by atoms with van der Waals surface area (Å²) in [4.78, 5) is 27.1. The van der Waals surface area contributed by atoms with Gasteiger partial charge in [-0.2, -0.15) is 0 Å². The summed E-state index contributed by atoms with van der Waals surface area (Å²) in [5.41, 5.74) is 0.863. The van der Waals surface area contributed by atoms with Crippen LogP contribution in [0.5, 0.6) is 17.2 Å². The number of benzene rings is 3. The molecule has 7 heteroatoms. The molecular weight excluding hydrogens is 386 g/mol. The Morgan fingerprint density at radius 3 is 1.97 bits per heavy atom. The highest BCUT2D eigenvalue weighted by Crippen LogP contribution is 2.43. The molecule has 30 heavy (non-hydrogen) atoms. The van der Waals surface area contributed by atoms with E-state index in [9.17, 15) is 30.0 Å². The number of aromatic hydroxyl groups is 3. The van der Waals surface area contributed by atoms with Gasteiger partial charge in [0.25, 0.3) is 11.7 Å². The first kappa shape index (κ1) is 19.1. The number of carbonyl (C=O) groups is 2. The molecule has 1 aliphatic heterocycles. The Morgan fingerprint density at radius 2 is 1.37 bits per heavy atom. The monoisotopic (exact) mass is 403 g/mol. The van der Waals surface area contributed by atoms with Crippen molar-refractivity contribution < 1.29 is 30.0 Å². The van der Waals surface area contributed by atoms with Gasteiger partial charge in [0.1, 0.15) is 23.0 Å². The van der Waals surface area contributed by atoms with Gasteiger partial charge in [0.2, 0.25) is 0 Å². The highest BCUT2D eigenvalue weighted by atomic mass is 16.3. The van der Waals surface area contributed by atoms with Crippen LogP contribution in [0.1, 0.15) is 17.2 Å². The zero-order chi connectivity index (χ0) is 21.4. The number of phenols is 3. The normalized spacial score (nSPS) is 18.0. The molecule has 0 aromatic heterocycles. The minimum absolute atomic E-state index is 0.00617. The molecule has 4 N–H and O–H groups in total. The van der Waals surface area contributed by atoms with Crippen LogP contribution in [0.15, 0.2) is 78.4 Å². The summed E-state index contributed by atoms with van der Waals surface area (Å²) in [5, 5.41) is 39.9. The fraction of sp³-hybridized carbons (Fsp3) is 0.0435. The van der Waals surface area contributed by atoms with Crippen LogP contribution in [-0.4, -0.2) is 32.1 Å². The second-order valence-electron chi connectivity index (χ2n) is 6.83. The van der Waals surface area contributed by atoms with Crippen molar-refractivity contribution in [2.24, 2.45) is 0 Å². The van der Waals surface area contributed by atoms with Gasteiger partial charge in [0, 0.05) is 11.3 Å². The van der Waals surface area contributed by atoms with Gasteiger partial charge >= 0.3 is 0 Å². The number of ketones is 1. The number of anilines is 1. The van der Waals surface area contributed by atoms with Crippen molar-refractivity contribution in [3.05, 3.63) is 89.5 Å². The Hall–Kier alpha value is -4.26. The molecule has 1 saturated heterocycles. The lowest BCUT2D eigenvalue weighted by atomic mass is 9.95. The predicted molar refractivity (Wildman–Crippen MR) is 109 cm³/mol. The van der Waals surface area contributed by atoms with Gasteiger partial charge in [-0.15, -0.1) is 0 Å². The molecule has 0 aliphatic carbocycles. The number of phenolic OH excluding ortho intramolecular Hbond substituents is 3. The lowest BCUT2D eigenvalue weighted by molar-refractivity contribution is -0.132. The average molecular weight is 403 g/mol. The first-order valence-electron chi connectivity index (χ1n) is 9.05. The van der Waals surface area contributed by atoms with Crippen LogP contribution in [0.3, 0.4) is 0 Å². The summed E-state index contributed by atoms with van der Waals surface area (Å²) >= 11 is 0. The standard InChI is InChI=1S/C23H17NO6/c25-16-8-4-13(5-9-16)21(28)19-20(14-2-1-3-18(27)12-14)24(23(30)22(19)29)15-6-10-17(26)11-7-15/h1-12,20,25-28H/t20-/m1/s1. The van der Waals surface area contributed by atoms with E-state index in [4.69, 9.17) is 0 Å². The number of nitrogens with zero attached hydrogens (tertiary/aromatic N) is 1. The zero-order valence-corrected chi connectivity index (χ0v) is 15.6. The van der Waals surface area contributed by atoms with Crippen molar-refractivity contribution in [2.45, 2.75) is 6.04 Å². The molecule has 7 nitrogen and oxygen atoms in total. The third kappa shape index (κ3) is 3.22. The highest BCUT2D eigenvalue weighted by Gasteiger charge is 2.47. The van der Waals surface area contributed by atoms with Gasteiger partial charge in [-0.1, -0.05) is 12.1 Å². The van der Waals surface area contributed by atoms with Crippen molar-refractivity contribution in [1.82, 2.24) is 0 Å². The molecular formula is C23H17NO6. The van der Waals surface area contributed by atoms with Crippen LogP contribution in [0.25, 0.3) is 5.76 Å². The number of aliphatic hydroxyl groups excluding tert-OH is 1. The number of rotatable bonds is 3. The van der Waals surface area contributed by atoms with Gasteiger partial charge in [-0.25, -0.2) is 0 Å². The Morgan fingerprint density at radius 1 is 0.767 bits per heavy atom. The van der Waals surface area contributed by atoms with Gasteiger partial charge in [0.05, 0.1) is 11.6 Å². The molecule has 3 aromatic carbocycles. The molecule has 1 aliphatic rings. The van der Waals surface area contributed by atoms with E-state index in [0.717, 1.165) is 0 Å². The molecule has 150 valence electrons. The molecule has 1 heterocycles. The van der Waals surface area contributed by atoms with E-state index >= 15 is 0 Å². The Balaban J connectivity index is 1.95. The summed E-state index contributed by atoms with van der Waals surface area (Å²) in [6.07, 6.45) is 0. The Labute approximate surface area is 171 Å². The first-order valence-corrected chi connectivity index (χ1v) is 9.05. The predicted octanol–water partition coefficient (Wildman–Crippen LogP) is 3.43. The van der Waals surface area contributed by atoms with E-state index in [-0.39, 0.29) is 28.4 Å². The largest absolute Gasteiger partial charge is 0.508 e. The second kappa shape index (κ2) is 7.29. The molecule has 1 atom stereocenters. The summed E-state index contributed by atoms with van der Waals surface area (Å²) in [6, 6.07) is 16.4. The third-order valence-corrected chi connectivity index (χ3v) is 4.90. The van der Waals surface area contributed by atoms with Gasteiger partial charge in [-0.3, -0.25) is 14.5 Å². The van der Waals surface area contributed by atoms with Gasteiger partial charge in [0.15, 0.2) is 0 Å². The number of Topliss-reactive ketones (excluding diaryl/α,β-unsaturated/α-hetero) is 1. The molecule has 0 bridgehead atoms. The molecule has 0 radical (unpaired) electrons. The van der Waals surface area contributed by atoms with Crippen LogP contribution in [0.4, 0.5) is 5.69 Å². The zero-order valence-electron chi connectivity index (χ0n) is 15.6. The molecule has 4 rings (SSSR count). The van der Waals surface area contributed by atoms with Gasteiger partial charge in [-0.05, 0) is 66.2 Å². The van der Waals surface area contributed by atoms with Crippen molar-refractivity contribution in [1.29, 1.82) is 0 Å². The van der Waals surface area contributed by atoms with Crippen LogP contribution in [-0.2, 0) is 9.59 Å². The van der Waals surface area contributed by atoms with E-state index in [2.05, 4.69) is 0 Å². The minimum atomic E-state index is -1.00. The maximum Gasteiger partial charge on any atom is 0.300 e. The number of amides is 1. The van der Waals surface area contributed by atoms with E-state index in [0.29, 0.717) is 11.3 Å². The van der Waals surface area contributed by atoms with Crippen LogP contribution >= 0.6 is 0 Å². The van der Waals surface area contributed by atoms with E-state index in [1.807, 2.05) is 0 Å². The summed E-state index contributed by atoms with van der Waals surface area (Å²) < 4.78 is 0. The maximum atomic E-state index is 12.9. The molecule has 0 spiro atoms. The molecule has 1 amide bonds. The van der Waals surface area contributed by atoms with E-state index < -0.39 is 23.5 Å². The number of aliphatic hydroxyl groups is 1. The van der Waals surface area contributed by atoms with Crippen LogP contribution in [0.2, 0.25) is 0 Å². The highest BCUT2D eigenvalue weighted by molar-refractivity contribution is 6.51. The fourth-order valence-electron chi connectivity index (χ4n) is 3.50. The smallest absolute Gasteiger partial charge is 0.300 e. The van der Waals surface area contributed by atoms with E-state index in [1.165, 1.54) is 65.6 Å². The molecule has 3 aromatic rings. The number of carbonyl (C=O) groups excluding carboxylic acids is 2. The molecule has 0 unspecified atom stereocenters. The first-order chi connectivity index (χ1) is 14.4. The van der Waals surface area contributed by atoms with Crippen LogP contribution < -0.4 is 4.90 Å². The quantitative estimate of drug-likeness (QED) is 0.302. The Bertz CT molecular complexity index is 1170. The summed E-state index contributed by atoms with van der Waals surface area (Å²) in [5.74, 6) is -2.22. The molecule has 0 saturated carbocycles. The molecule has 1 fully saturated rings. The topological polar surface area (TPSA) is 118 Å². The van der Waals surface area contributed by atoms with Gasteiger partial charge < -0.3 is 20.4 Å². The minimum Gasteiger partial charge on any atom is -0.508 e. The number of hydrogen-bond acceptors (Lipinski definition) is 6.